The highest BCUT2D eigenvalue weighted by atomic mass is 16.4. The van der Waals surface area contributed by atoms with Crippen molar-refractivity contribution in [3.05, 3.63) is 34.7 Å². The largest absolute Gasteiger partial charge is 0.481 e. The number of amides is 1. The summed E-state index contributed by atoms with van der Waals surface area (Å²) in [6.45, 7) is 2.99. The van der Waals surface area contributed by atoms with Gasteiger partial charge in [-0.15, -0.1) is 0 Å². The van der Waals surface area contributed by atoms with E-state index in [9.17, 15) is 14.4 Å². The van der Waals surface area contributed by atoms with Crippen LogP contribution in [0.25, 0.3) is 11.0 Å². The van der Waals surface area contributed by atoms with Gasteiger partial charge in [0.25, 0.3) is 0 Å². The molecule has 1 heterocycles. The number of aryl methyl sites for hydroxylation is 2. The molecule has 1 aromatic carbocycles. The molecule has 140 valence electrons. The summed E-state index contributed by atoms with van der Waals surface area (Å²) in [5.74, 6) is -1.30. The number of nitrogens with zero attached hydrogens (tertiary/aromatic N) is 2. The quantitative estimate of drug-likeness (QED) is 0.790. The molecule has 7 nitrogen and oxygen atoms in total. The van der Waals surface area contributed by atoms with Gasteiger partial charge in [-0.3, -0.25) is 18.7 Å². The van der Waals surface area contributed by atoms with Crippen LogP contribution in [0.4, 0.5) is 0 Å². The number of benzene rings is 1. The monoisotopic (exact) mass is 359 g/mol. The molecule has 1 aliphatic rings. The zero-order valence-electron chi connectivity index (χ0n) is 15.0. The summed E-state index contributed by atoms with van der Waals surface area (Å²) >= 11 is 0. The number of rotatable bonds is 7. The maximum absolute atomic E-state index is 12.7. The standard InChI is InChI=1S/C19H25N3O4/c1-2-10-21-15-5-3-4-6-16(15)22(19(21)26)11-9-17(23)20-14-8-7-13(12-14)18(24)25/h3-6,13-14H,2,7-12H2,1H3,(H,20,23)(H,24,25)/t13-,14+/m1/s1. The Labute approximate surface area is 151 Å². The molecule has 0 saturated heterocycles. The Bertz CT molecular complexity index is 867. The number of fused-ring (bicyclic) bond motifs is 1. The van der Waals surface area contributed by atoms with Crippen molar-refractivity contribution in [1.82, 2.24) is 14.5 Å². The highest BCUT2D eigenvalue weighted by molar-refractivity contribution is 5.78. The van der Waals surface area contributed by atoms with Crippen LogP contribution in [-0.4, -0.2) is 32.2 Å². The second-order valence-corrected chi connectivity index (χ2v) is 6.94. The topological polar surface area (TPSA) is 93.3 Å². The normalized spacial score (nSPS) is 19.7. The Kier molecular flexibility index (Phi) is 5.44. The first kappa shape index (κ1) is 18.2. The van der Waals surface area contributed by atoms with E-state index in [1.54, 1.807) is 9.13 Å². The summed E-state index contributed by atoms with van der Waals surface area (Å²) in [7, 11) is 0. The van der Waals surface area contributed by atoms with Gasteiger partial charge in [-0.25, -0.2) is 4.79 Å². The minimum Gasteiger partial charge on any atom is -0.481 e. The lowest BCUT2D eigenvalue weighted by Gasteiger charge is -2.12. The SMILES string of the molecule is CCCn1c(=O)n(CCC(=O)N[C@H]2CC[C@@H](C(=O)O)C2)c2ccccc21. The lowest BCUT2D eigenvalue weighted by atomic mass is 10.1. The van der Waals surface area contributed by atoms with Crippen molar-refractivity contribution < 1.29 is 14.7 Å². The van der Waals surface area contributed by atoms with E-state index in [0.29, 0.717) is 32.4 Å². The van der Waals surface area contributed by atoms with E-state index < -0.39 is 5.97 Å². The van der Waals surface area contributed by atoms with Crippen molar-refractivity contribution in [1.29, 1.82) is 0 Å². The zero-order chi connectivity index (χ0) is 18.7. The number of carbonyl (C=O) groups is 2. The molecule has 26 heavy (non-hydrogen) atoms. The molecule has 1 fully saturated rings. The van der Waals surface area contributed by atoms with E-state index in [1.165, 1.54) is 0 Å². The van der Waals surface area contributed by atoms with Gasteiger partial charge in [-0.2, -0.15) is 0 Å². The predicted molar refractivity (Wildman–Crippen MR) is 98.0 cm³/mol. The van der Waals surface area contributed by atoms with Crippen LogP contribution in [0.5, 0.6) is 0 Å². The fourth-order valence-electron chi connectivity index (χ4n) is 3.78. The van der Waals surface area contributed by atoms with Gasteiger partial charge in [0.15, 0.2) is 0 Å². The van der Waals surface area contributed by atoms with Gasteiger partial charge < -0.3 is 10.4 Å². The Morgan fingerprint density at radius 2 is 1.81 bits per heavy atom. The molecule has 1 aromatic heterocycles. The van der Waals surface area contributed by atoms with Crippen LogP contribution >= 0.6 is 0 Å². The van der Waals surface area contributed by atoms with Gasteiger partial charge in [0.1, 0.15) is 0 Å². The molecular weight excluding hydrogens is 334 g/mol. The summed E-state index contributed by atoms with van der Waals surface area (Å²) in [4.78, 5) is 35.9. The van der Waals surface area contributed by atoms with Gasteiger partial charge in [-0.1, -0.05) is 19.1 Å². The van der Waals surface area contributed by atoms with Crippen LogP contribution in [0.2, 0.25) is 0 Å². The van der Waals surface area contributed by atoms with Crippen LogP contribution < -0.4 is 11.0 Å². The number of aromatic nitrogens is 2. The molecular formula is C19H25N3O4. The van der Waals surface area contributed by atoms with E-state index in [4.69, 9.17) is 5.11 Å². The Morgan fingerprint density at radius 1 is 1.15 bits per heavy atom. The number of carbonyl (C=O) groups excluding carboxylic acids is 1. The van der Waals surface area contributed by atoms with Crippen molar-refractivity contribution in [3.63, 3.8) is 0 Å². The van der Waals surface area contributed by atoms with Crippen LogP contribution in [-0.2, 0) is 22.7 Å². The summed E-state index contributed by atoms with van der Waals surface area (Å²) in [5, 5.41) is 12.0. The molecule has 0 aliphatic heterocycles. The number of nitrogens with one attached hydrogen (secondary N) is 1. The second kappa shape index (κ2) is 7.76. The van der Waals surface area contributed by atoms with Crippen molar-refractivity contribution in [3.8, 4) is 0 Å². The summed E-state index contributed by atoms with van der Waals surface area (Å²) in [5.41, 5.74) is 1.64. The minimum atomic E-state index is -0.794. The van der Waals surface area contributed by atoms with E-state index in [1.807, 2.05) is 31.2 Å². The first-order valence-electron chi connectivity index (χ1n) is 9.21. The molecule has 0 bridgehead atoms. The molecule has 0 spiro atoms. The Morgan fingerprint density at radius 3 is 2.38 bits per heavy atom. The van der Waals surface area contributed by atoms with Gasteiger partial charge >= 0.3 is 11.7 Å². The third-order valence-corrected chi connectivity index (χ3v) is 5.08. The summed E-state index contributed by atoms with van der Waals surface area (Å²) in [6, 6.07) is 7.54. The first-order valence-corrected chi connectivity index (χ1v) is 9.21. The number of imidazole rings is 1. The van der Waals surface area contributed by atoms with E-state index in [0.717, 1.165) is 17.5 Å². The molecule has 2 N–H and O–H groups in total. The minimum absolute atomic E-state index is 0.0817. The first-order chi connectivity index (χ1) is 12.5. The molecule has 1 aliphatic carbocycles. The Hall–Kier alpha value is -2.57. The maximum atomic E-state index is 12.7. The number of hydrogen-bond donors (Lipinski definition) is 2. The van der Waals surface area contributed by atoms with Crippen LogP contribution in [0.1, 0.15) is 39.0 Å². The molecule has 1 amide bonds. The molecule has 1 saturated carbocycles. The average Bonchev–Trinajstić information content (AvgIpc) is 3.18. The third kappa shape index (κ3) is 3.66. The van der Waals surface area contributed by atoms with E-state index in [2.05, 4.69) is 5.32 Å². The van der Waals surface area contributed by atoms with Crippen molar-refractivity contribution in [2.45, 2.75) is 58.2 Å². The molecule has 2 atom stereocenters. The predicted octanol–water partition coefficient (Wildman–Crippen LogP) is 1.97. The molecule has 3 rings (SSSR count). The second-order valence-electron chi connectivity index (χ2n) is 6.94. The third-order valence-electron chi connectivity index (χ3n) is 5.08. The van der Waals surface area contributed by atoms with Crippen molar-refractivity contribution >= 4 is 22.9 Å². The maximum Gasteiger partial charge on any atom is 0.329 e. The number of para-hydroxylation sites is 2. The summed E-state index contributed by atoms with van der Waals surface area (Å²) < 4.78 is 3.40. The molecule has 2 aromatic rings. The molecule has 0 radical (unpaired) electrons. The fraction of sp³-hybridized carbons (Fsp3) is 0.526. The van der Waals surface area contributed by atoms with E-state index in [-0.39, 0.29) is 30.0 Å². The number of aliphatic carboxylic acids is 1. The highest BCUT2D eigenvalue weighted by Crippen LogP contribution is 2.25. The van der Waals surface area contributed by atoms with Gasteiger partial charge in [0, 0.05) is 25.6 Å². The highest BCUT2D eigenvalue weighted by Gasteiger charge is 2.30. The number of carboxylic acid groups (broad SMARTS) is 1. The summed E-state index contributed by atoms with van der Waals surface area (Å²) in [6.07, 6.45) is 2.84. The lowest BCUT2D eigenvalue weighted by Crippen LogP contribution is -2.34. The van der Waals surface area contributed by atoms with Crippen LogP contribution in [0.15, 0.2) is 29.1 Å². The van der Waals surface area contributed by atoms with Crippen LogP contribution in [0.3, 0.4) is 0 Å². The smallest absolute Gasteiger partial charge is 0.329 e. The van der Waals surface area contributed by atoms with Gasteiger partial charge in [0.05, 0.1) is 17.0 Å². The molecule has 7 heteroatoms. The average molecular weight is 359 g/mol. The lowest BCUT2D eigenvalue weighted by molar-refractivity contribution is -0.141. The number of hydrogen-bond acceptors (Lipinski definition) is 3. The van der Waals surface area contributed by atoms with Crippen molar-refractivity contribution in [2.24, 2.45) is 5.92 Å². The fourth-order valence-corrected chi connectivity index (χ4v) is 3.78. The van der Waals surface area contributed by atoms with E-state index >= 15 is 0 Å². The van der Waals surface area contributed by atoms with Gasteiger partial charge in [0.2, 0.25) is 5.91 Å². The number of carboxylic acids is 1. The van der Waals surface area contributed by atoms with Crippen molar-refractivity contribution in [2.75, 3.05) is 0 Å². The zero-order valence-corrected chi connectivity index (χ0v) is 15.0. The molecule has 0 unspecified atom stereocenters. The van der Waals surface area contributed by atoms with Gasteiger partial charge in [-0.05, 0) is 37.8 Å². The van der Waals surface area contributed by atoms with Crippen LogP contribution in [0, 0.1) is 5.92 Å². The Balaban J connectivity index is 1.66.